The lowest BCUT2D eigenvalue weighted by atomic mass is 9.92. The first-order chi connectivity index (χ1) is 7.25. The Balaban J connectivity index is 2.56. The van der Waals surface area contributed by atoms with E-state index in [-0.39, 0.29) is 5.78 Å². The molecule has 72 valence electrons. The first-order valence-electron chi connectivity index (χ1n) is 4.80. The first kappa shape index (κ1) is 8.24. The number of anilines is 1. The molecule has 0 aromatic heterocycles. The zero-order valence-electron chi connectivity index (χ0n) is 8.03. The van der Waals surface area contributed by atoms with E-state index in [1.54, 1.807) is 6.08 Å². The van der Waals surface area contributed by atoms with Gasteiger partial charge in [0.25, 0.3) is 0 Å². The van der Waals surface area contributed by atoms with Gasteiger partial charge in [0.15, 0.2) is 5.78 Å². The predicted molar refractivity (Wildman–Crippen MR) is 61.7 cm³/mol. The van der Waals surface area contributed by atoms with Gasteiger partial charge in [0.2, 0.25) is 0 Å². The van der Waals surface area contributed by atoms with Crippen molar-refractivity contribution in [3.63, 3.8) is 0 Å². The van der Waals surface area contributed by atoms with Crippen molar-refractivity contribution in [1.29, 1.82) is 0 Å². The van der Waals surface area contributed by atoms with Crippen LogP contribution in [0.3, 0.4) is 0 Å². The summed E-state index contributed by atoms with van der Waals surface area (Å²) in [5.41, 5.74) is 8.32. The molecule has 0 spiro atoms. The third-order valence-electron chi connectivity index (χ3n) is 2.71. The molecule has 0 heterocycles. The number of ketones is 1. The van der Waals surface area contributed by atoms with Crippen molar-refractivity contribution >= 4 is 28.3 Å². The molecule has 0 unspecified atom stereocenters. The summed E-state index contributed by atoms with van der Waals surface area (Å²) in [5.74, 6) is 0.0675. The summed E-state index contributed by atoms with van der Waals surface area (Å²) in [6, 6.07) is 9.51. The molecule has 2 N–H and O–H groups in total. The number of allylic oxidation sites excluding steroid dienone is 1. The van der Waals surface area contributed by atoms with Crippen LogP contribution in [0.1, 0.15) is 15.9 Å². The molecular weight excluding hydrogens is 186 g/mol. The van der Waals surface area contributed by atoms with Crippen molar-refractivity contribution in [3.8, 4) is 0 Å². The van der Waals surface area contributed by atoms with Gasteiger partial charge in [-0.05, 0) is 29.2 Å². The van der Waals surface area contributed by atoms with E-state index in [0.29, 0.717) is 0 Å². The Bertz CT molecular complexity index is 611. The second-order valence-corrected chi connectivity index (χ2v) is 3.71. The van der Waals surface area contributed by atoms with Crippen LogP contribution in [0, 0.1) is 0 Å². The second kappa shape index (κ2) is 2.70. The third kappa shape index (κ3) is 1.08. The van der Waals surface area contributed by atoms with Gasteiger partial charge < -0.3 is 5.73 Å². The minimum absolute atomic E-state index is 0.0675. The minimum Gasteiger partial charge on any atom is -0.399 e. The summed E-state index contributed by atoms with van der Waals surface area (Å²) < 4.78 is 0. The fourth-order valence-corrected chi connectivity index (χ4v) is 2.08. The Kier molecular flexibility index (Phi) is 1.48. The third-order valence-corrected chi connectivity index (χ3v) is 2.71. The molecule has 1 aliphatic rings. The van der Waals surface area contributed by atoms with Crippen LogP contribution in [0.4, 0.5) is 5.69 Å². The number of carbonyl (C=O) groups excluding carboxylic acids is 1. The number of nitrogens with two attached hydrogens (primary N) is 1. The minimum atomic E-state index is 0.0675. The number of hydrogen-bond acceptors (Lipinski definition) is 2. The Morgan fingerprint density at radius 1 is 1.07 bits per heavy atom. The largest absolute Gasteiger partial charge is 0.399 e. The topological polar surface area (TPSA) is 43.1 Å². The second-order valence-electron chi connectivity index (χ2n) is 3.71. The summed E-state index contributed by atoms with van der Waals surface area (Å²) in [5, 5.41) is 2.04. The molecule has 3 rings (SSSR count). The Morgan fingerprint density at radius 2 is 1.93 bits per heavy atom. The lowest BCUT2D eigenvalue weighted by Gasteiger charge is -2.12. The molecule has 15 heavy (non-hydrogen) atoms. The van der Waals surface area contributed by atoms with Gasteiger partial charge in [-0.3, -0.25) is 4.79 Å². The summed E-state index contributed by atoms with van der Waals surface area (Å²) >= 11 is 0. The van der Waals surface area contributed by atoms with Gasteiger partial charge in [-0.15, -0.1) is 0 Å². The average Bonchev–Trinajstić information content (AvgIpc) is 2.23. The van der Waals surface area contributed by atoms with Crippen LogP contribution in [-0.4, -0.2) is 5.78 Å². The summed E-state index contributed by atoms with van der Waals surface area (Å²) in [6.07, 6.45) is 3.42. The maximum Gasteiger partial charge on any atom is 0.186 e. The highest BCUT2D eigenvalue weighted by atomic mass is 16.1. The molecule has 0 radical (unpaired) electrons. The number of nitrogen functional groups attached to an aromatic ring is 1. The van der Waals surface area contributed by atoms with Gasteiger partial charge in [-0.2, -0.15) is 0 Å². The normalized spacial score (nSPS) is 13.5. The van der Waals surface area contributed by atoms with E-state index >= 15 is 0 Å². The highest BCUT2D eigenvalue weighted by Gasteiger charge is 2.14. The van der Waals surface area contributed by atoms with Gasteiger partial charge in [-0.25, -0.2) is 0 Å². The molecule has 0 atom stereocenters. The molecule has 0 fully saturated rings. The van der Waals surface area contributed by atoms with Crippen LogP contribution in [-0.2, 0) is 0 Å². The fourth-order valence-electron chi connectivity index (χ4n) is 2.08. The van der Waals surface area contributed by atoms with E-state index in [4.69, 9.17) is 5.73 Å². The number of hydrogen-bond donors (Lipinski definition) is 1. The quantitative estimate of drug-likeness (QED) is 0.656. The van der Waals surface area contributed by atoms with E-state index in [2.05, 4.69) is 0 Å². The number of benzene rings is 2. The molecule has 2 aromatic rings. The van der Waals surface area contributed by atoms with Crippen molar-refractivity contribution < 1.29 is 4.79 Å². The molecule has 0 bridgehead atoms. The first-order valence-corrected chi connectivity index (χ1v) is 4.80. The maximum absolute atomic E-state index is 11.6. The monoisotopic (exact) mass is 195 g/mol. The van der Waals surface area contributed by atoms with E-state index in [1.807, 2.05) is 36.4 Å². The van der Waals surface area contributed by atoms with Gasteiger partial charge >= 0.3 is 0 Å². The van der Waals surface area contributed by atoms with Gasteiger partial charge in [0, 0.05) is 16.6 Å². The molecule has 0 aliphatic heterocycles. The van der Waals surface area contributed by atoms with Crippen LogP contribution in [0.5, 0.6) is 0 Å². The summed E-state index contributed by atoms with van der Waals surface area (Å²) in [4.78, 5) is 11.6. The average molecular weight is 195 g/mol. The van der Waals surface area contributed by atoms with Crippen molar-refractivity contribution in [1.82, 2.24) is 0 Å². The number of carbonyl (C=O) groups is 1. The van der Waals surface area contributed by atoms with E-state index in [0.717, 1.165) is 27.6 Å². The SMILES string of the molecule is Nc1cc2c3c(cccc3c1)C(=O)C=C2. The lowest BCUT2D eigenvalue weighted by molar-refractivity contribution is 0.104. The van der Waals surface area contributed by atoms with Gasteiger partial charge in [0.05, 0.1) is 0 Å². The standard InChI is InChI=1S/C13H9NO/c14-10-6-8-2-1-3-11-12(15)5-4-9(7-10)13(8)11/h1-7H,14H2. The highest BCUT2D eigenvalue weighted by molar-refractivity contribution is 6.20. The van der Waals surface area contributed by atoms with E-state index in [1.165, 1.54) is 0 Å². The molecule has 0 saturated carbocycles. The molecule has 2 heteroatoms. The summed E-state index contributed by atoms with van der Waals surface area (Å²) in [6.45, 7) is 0. The number of rotatable bonds is 0. The van der Waals surface area contributed by atoms with Crippen LogP contribution >= 0.6 is 0 Å². The maximum atomic E-state index is 11.6. The van der Waals surface area contributed by atoms with Crippen molar-refractivity contribution in [3.05, 3.63) is 47.5 Å². The van der Waals surface area contributed by atoms with Crippen molar-refractivity contribution in [2.75, 3.05) is 5.73 Å². The van der Waals surface area contributed by atoms with Crippen LogP contribution in [0.15, 0.2) is 36.4 Å². The highest BCUT2D eigenvalue weighted by Crippen LogP contribution is 2.30. The Labute approximate surface area is 87.0 Å². The van der Waals surface area contributed by atoms with Crippen LogP contribution in [0.2, 0.25) is 0 Å². The predicted octanol–water partition coefficient (Wildman–Crippen LogP) is 2.63. The molecule has 1 aliphatic carbocycles. The van der Waals surface area contributed by atoms with E-state index in [9.17, 15) is 4.79 Å². The van der Waals surface area contributed by atoms with Crippen LogP contribution < -0.4 is 5.73 Å². The smallest absolute Gasteiger partial charge is 0.186 e. The van der Waals surface area contributed by atoms with Crippen LogP contribution in [0.25, 0.3) is 16.8 Å². The van der Waals surface area contributed by atoms with Crippen molar-refractivity contribution in [2.45, 2.75) is 0 Å². The molecule has 0 amide bonds. The lowest BCUT2D eigenvalue weighted by Crippen LogP contribution is -2.01. The Morgan fingerprint density at radius 3 is 2.80 bits per heavy atom. The zero-order chi connectivity index (χ0) is 10.4. The summed E-state index contributed by atoms with van der Waals surface area (Å²) in [7, 11) is 0. The van der Waals surface area contributed by atoms with E-state index < -0.39 is 0 Å². The zero-order valence-corrected chi connectivity index (χ0v) is 8.03. The van der Waals surface area contributed by atoms with Gasteiger partial charge in [-0.1, -0.05) is 24.3 Å². The molecular formula is C13H9NO. The molecule has 2 nitrogen and oxygen atoms in total. The van der Waals surface area contributed by atoms with Gasteiger partial charge in [0.1, 0.15) is 0 Å². The Hall–Kier alpha value is -2.09. The molecule has 0 saturated heterocycles. The fraction of sp³-hybridized carbons (Fsp3) is 0. The molecule has 2 aromatic carbocycles. The van der Waals surface area contributed by atoms with Crippen molar-refractivity contribution in [2.24, 2.45) is 0 Å².